The summed E-state index contributed by atoms with van der Waals surface area (Å²) >= 11 is 3.39. The summed E-state index contributed by atoms with van der Waals surface area (Å²) in [5.74, 6) is -0.153. The molecule has 1 aliphatic heterocycles. The summed E-state index contributed by atoms with van der Waals surface area (Å²) in [5.41, 5.74) is 0.489. The van der Waals surface area contributed by atoms with E-state index >= 15 is 0 Å². The number of hydrogen-bond acceptors (Lipinski definition) is 3. The molecule has 0 unspecified atom stereocenters. The van der Waals surface area contributed by atoms with E-state index in [1.807, 2.05) is 18.2 Å². The maximum absolute atomic E-state index is 12.6. The molecular weight excluding hydrogens is 322 g/mol. The van der Waals surface area contributed by atoms with E-state index in [-0.39, 0.29) is 5.91 Å². The summed E-state index contributed by atoms with van der Waals surface area (Å²) in [5, 5.41) is 0. The Morgan fingerprint density at radius 3 is 2.55 bits per heavy atom. The molecule has 0 bridgehead atoms. The summed E-state index contributed by atoms with van der Waals surface area (Å²) in [4.78, 5) is 26.1. The molecule has 0 saturated heterocycles. The lowest BCUT2D eigenvalue weighted by Gasteiger charge is -2.24. The molecule has 1 fully saturated rings. The van der Waals surface area contributed by atoms with Crippen molar-refractivity contribution in [3.63, 3.8) is 0 Å². The number of halogens is 1. The predicted octanol–water partition coefficient (Wildman–Crippen LogP) is 3.76. The first kappa shape index (κ1) is 13.6. The number of anilines is 1. The van der Waals surface area contributed by atoms with E-state index in [0.717, 1.165) is 22.9 Å². The normalized spacial score (nSPS) is 19.2. The third kappa shape index (κ3) is 1.95. The Balaban J connectivity index is 2.03. The van der Waals surface area contributed by atoms with Gasteiger partial charge in [-0.2, -0.15) is 0 Å². The molecule has 0 aromatic heterocycles. The van der Waals surface area contributed by atoms with E-state index in [2.05, 4.69) is 15.9 Å². The summed E-state index contributed by atoms with van der Waals surface area (Å²) in [6.45, 7) is 5.38. The zero-order valence-electron chi connectivity index (χ0n) is 11.7. The third-order valence-electron chi connectivity index (χ3n) is 3.65. The first-order chi connectivity index (χ1) is 9.24. The Hall–Kier alpha value is -1.36. The van der Waals surface area contributed by atoms with Crippen molar-refractivity contribution in [1.29, 1.82) is 0 Å². The topological polar surface area (TPSA) is 46.6 Å². The van der Waals surface area contributed by atoms with E-state index in [0.29, 0.717) is 5.69 Å². The number of imide groups is 1. The van der Waals surface area contributed by atoms with E-state index in [1.54, 1.807) is 20.8 Å². The van der Waals surface area contributed by atoms with Gasteiger partial charge in [-0.1, -0.05) is 22.0 Å². The summed E-state index contributed by atoms with van der Waals surface area (Å²) in [7, 11) is 0. The Kier molecular flexibility index (Phi) is 2.77. The van der Waals surface area contributed by atoms with E-state index in [9.17, 15) is 9.59 Å². The Morgan fingerprint density at radius 1 is 1.35 bits per heavy atom. The van der Waals surface area contributed by atoms with Crippen LogP contribution in [0.5, 0.6) is 0 Å². The molecule has 1 heterocycles. The van der Waals surface area contributed by atoms with E-state index < -0.39 is 17.1 Å². The van der Waals surface area contributed by atoms with Crippen LogP contribution in [0.15, 0.2) is 22.7 Å². The number of carbonyl (C=O) groups is 2. The van der Waals surface area contributed by atoms with Crippen LogP contribution in [0.3, 0.4) is 0 Å². The maximum atomic E-state index is 12.6. The average Bonchev–Trinajstić information content (AvgIpc) is 3.03. The average molecular weight is 338 g/mol. The fourth-order valence-electron chi connectivity index (χ4n) is 2.63. The molecule has 2 amide bonds. The predicted molar refractivity (Wildman–Crippen MR) is 78.8 cm³/mol. The van der Waals surface area contributed by atoms with Gasteiger partial charge in [0.05, 0.1) is 11.1 Å². The van der Waals surface area contributed by atoms with Gasteiger partial charge in [-0.3, -0.25) is 4.79 Å². The Bertz CT molecular complexity index is 614. The molecule has 0 N–H and O–H groups in total. The highest BCUT2D eigenvalue weighted by Gasteiger charge is 2.61. The SMILES string of the molecule is CC(C)(C)OC(=O)N1C(=O)C2(CC2)c2ccc(Br)cc21. The number of carbonyl (C=O) groups excluding carboxylic acids is 2. The van der Waals surface area contributed by atoms with Gasteiger partial charge in [0.2, 0.25) is 5.91 Å². The van der Waals surface area contributed by atoms with Crippen molar-refractivity contribution >= 4 is 33.6 Å². The highest BCUT2D eigenvalue weighted by Crippen LogP contribution is 2.57. The smallest absolute Gasteiger partial charge is 0.421 e. The van der Waals surface area contributed by atoms with Crippen molar-refractivity contribution in [3.05, 3.63) is 28.2 Å². The molecule has 106 valence electrons. The first-order valence-electron chi connectivity index (χ1n) is 6.62. The summed E-state index contributed by atoms with van der Waals surface area (Å²) in [6, 6.07) is 5.64. The van der Waals surface area contributed by atoms with Crippen LogP contribution in [0.4, 0.5) is 10.5 Å². The van der Waals surface area contributed by atoms with Crippen LogP contribution in [-0.2, 0) is 14.9 Å². The Morgan fingerprint density at radius 2 is 2.00 bits per heavy atom. The van der Waals surface area contributed by atoms with Crippen LogP contribution in [0.2, 0.25) is 0 Å². The lowest BCUT2D eigenvalue weighted by molar-refractivity contribution is -0.120. The van der Waals surface area contributed by atoms with Crippen molar-refractivity contribution in [1.82, 2.24) is 0 Å². The number of amides is 2. The first-order valence-corrected chi connectivity index (χ1v) is 7.41. The fraction of sp³-hybridized carbons (Fsp3) is 0.467. The number of benzene rings is 1. The van der Waals surface area contributed by atoms with Crippen molar-refractivity contribution in [2.45, 2.75) is 44.6 Å². The van der Waals surface area contributed by atoms with Crippen molar-refractivity contribution < 1.29 is 14.3 Å². The van der Waals surface area contributed by atoms with Crippen LogP contribution in [0, 0.1) is 0 Å². The lowest BCUT2D eigenvalue weighted by Crippen LogP contribution is -2.41. The molecule has 0 atom stereocenters. The minimum Gasteiger partial charge on any atom is -0.443 e. The maximum Gasteiger partial charge on any atom is 0.421 e. The zero-order chi connectivity index (χ0) is 14.7. The number of fused-ring (bicyclic) bond motifs is 2. The van der Waals surface area contributed by atoms with Gasteiger partial charge in [-0.05, 0) is 51.3 Å². The number of ether oxygens (including phenoxy) is 1. The molecule has 4 nitrogen and oxygen atoms in total. The molecule has 1 saturated carbocycles. The van der Waals surface area contributed by atoms with Gasteiger partial charge < -0.3 is 4.74 Å². The van der Waals surface area contributed by atoms with Gasteiger partial charge in [0.25, 0.3) is 0 Å². The zero-order valence-corrected chi connectivity index (χ0v) is 13.3. The standard InChI is InChI=1S/C15H16BrNO3/c1-14(2,3)20-13(19)17-11-8-9(16)4-5-10(11)15(6-7-15)12(17)18/h4-5,8H,6-7H2,1-3H3. The van der Waals surface area contributed by atoms with Gasteiger partial charge >= 0.3 is 6.09 Å². The summed E-state index contributed by atoms with van der Waals surface area (Å²) in [6.07, 6.45) is 1.02. The molecule has 3 rings (SSSR count). The van der Waals surface area contributed by atoms with Crippen LogP contribution >= 0.6 is 15.9 Å². The summed E-state index contributed by atoms with van der Waals surface area (Å²) < 4.78 is 6.20. The second kappa shape index (κ2) is 4.07. The second-order valence-corrected chi connectivity index (χ2v) is 7.28. The van der Waals surface area contributed by atoms with Crippen LogP contribution in [0.25, 0.3) is 0 Å². The van der Waals surface area contributed by atoms with Gasteiger partial charge in [-0.25, -0.2) is 9.69 Å². The second-order valence-electron chi connectivity index (χ2n) is 6.36. The highest BCUT2D eigenvalue weighted by molar-refractivity contribution is 9.10. The molecule has 2 aliphatic rings. The highest BCUT2D eigenvalue weighted by atomic mass is 79.9. The minimum absolute atomic E-state index is 0.153. The van der Waals surface area contributed by atoms with Crippen LogP contribution < -0.4 is 4.90 Å². The quantitative estimate of drug-likeness (QED) is 0.724. The van der Waals surface area contributed by atoms with Crippen molar-refractivity contribution in [3.8, 4) is 0 Å². The van der Waals surface area contributed by atoms with E-state index in [4.69, 9.17) is 4.74 Å². The van der Waals surface area contributed by atoms with Crippen molar-refractivity contribution in [2.75, 3.05) is 4.90 Å². The Labute approximate surface area is 126 Å². The molecule has 1 spiro atoms. The molecule has 1 aromatic rings. The van der Waals surface area contributed by atoms with Gasteiger partial charge in [0, 0.05) is 4.47 Å². The molecule has 0 radical (unpaired) electrons. The third-order valence-corrected chi connectivity index (χ3v) is 4.15. The molecule has 20 heavy (non-hydrogen) atoms. The van der Waals surface area contributed by atoms with Crippen molar-refractivity contribution in [2.24, 2.45) is 0 Å². The number of rotatable bonds is 0. The van der Waals surface area contributed by atoms with Crippen LogP contribution in [0.1, 0.15) is 39.2 Å². The minimum atomic E-state index is -0.622. The molecule has 5 heteroatoms. The number of hydrogen-bond donors (Lipinski definition) is 0. The molecule has 1 aromatic carbocycles. The van der Waals surface area contributed by atoms with Crippen LogP contribution in [-0.4, -0.2) is 17.6 Å². The number of nitrogens with zero attached hydrogens (tertiary/aromatic N) is 1. The fourth-order valence-corrected chi connectivity index (χ4v) is 2.98. The molecule has 1 aliphatic carbocycles. The molecular formula is C15H16BrNO3. The lowest BCUT2D eigenvalue weighted by atomic mass is 9.98. The monoisotopic (exact) mass is 337 g/mol. The largest absolute Gasteiger partial charge is 0.443 e. The van der Waals surface area contributed by atoms with Gasteiger partial charge in [0.1, 0.15) is 5.60 Å². The van der Waals surface area contributed by atoms with E-state index in [1.165, 1.54) is 4.90 Å². The van der Waals surface area contributed by atoms with Gasteiger partial charge in [0.15, 0.2) is 0 Å². The van der Waals surface area contributed by atoms with Gasteiger partial charge in [-0.15, -0.1) is 0 Å².